The smallest absolute Gasteiger partial charge is 0.323 e. The molecule has 1 fully saturated rings. The maximum Gasteiger partial charge on any atom is 0.323 e. The number of urea groups is 1. The number of hydrogen-bond donors (Lipinski definition) is 3. The van der Waals surface area contributed by atoms with Gasteiger partial charge in [-0.25, -0.2) is 9.78 Å². The molecule has 0 saturated carbocycles. The highest BCUT2D eigenvalue weighted by atomic mass is 32.2. The summed E-state index contributed by atoms with van der Waals surface area (Å²) in [6.45, 7) is 2.09. The first-order valence-corrected chi connectivity index (χ1v) is 19.7. The van der Waals surface area contributed by atoms with Crippen LogP contribution in [0.4, 0.5) is 16.2 Å². The molecule has 1 aliphatic heterocycles. The lowest BCUT2D eigenvalue weighted by Crippen LogP contribution is -2.38. The average molecular weight is 776 g/mol. The number of nitrogens with zero attached hydrogens (tertiary/aromatic N) is 1. The van der Waals surface area contributed by atoms with Crippen molar-refractivity contribution in [3.63, 3.8) is 0 Å². The number of hydrogen-bond acceptors (Lipinski definition) is 8. The largest absolute Gasteiger partial charge is 0.457 e. The van der Waals surface area contributed by atoms with E-state index < -0.39 is 6.29 Å². The quantitative estimate of drug-likeness (QED) is 0.105. The molecule has 8 rings (SSSR count). The first-order chi connectivity index (χ1) is 28.0. The van der Waals surface area contributed by atoms with Crippen molar-refractivity contribution in [2.75, 3.05) is 16.4 Å². The van der Waals surface area contributed by atoms with Gasteiger partial charge in [0.15, 0.2) is 12.1 Å². The number of carbonyl (C=O) groups excluding carboxylic acids is 1. The van der Waals surface area contributed by atoms with Crippen molar-refractivity contribution in [3.8, 4) is 34.1 Å². The second kappa shape index (κ2) is 17.7. The summed E-state index contributed by atoms with van der Waals surface area (Å²) in [6.07, 6.45) is -1.21. The zero-order valence-electron chi connectivity index (χ0n) is 31.2. The molecule has 10 heteroatoms. The Labute approximate surface area is 335 Å². The fraction of sp³-hybridized carbons (Fsp3) is 0.149. The van der Waals surface area contributed by atoms with Gasteiger partial charge in [0.2, 0.25) is 0 Å². The molecule has 0 unspecified atom stereocenters. The van der Waals surface area contributed by atoms with E-state index >= 15 is 0 Å². The molecule has 6 aromatic carbocycles. The van der Waals surface area contributed by atoms with Gasteiger partial charge in [-0.2, -0.15) is 0 Å². The molecular weight excluding hydrogens is 735 g/mol. The molecule has 0 aliphatic carbocycles. The van der Waals surface area contributed by atoms with Crippen molar-refractivity contribution < 1.29 is 28.5 Å². The van der Waals surface area contributed by atoms with E-state index in [0.29, 0.717) is 28.1 Å². The number of oxazole rings is 1. The second-order valence-electron chi connectivity index (χ2n) is 13.7. The summed E-state index contributed by atoms with van der Waals surface area (Å²) in [7, 11) is 0. The highest BCUT2D eigenvalue weighted by molar-refractivity contribution is 7.99. The highest BCUT2D eigenvalue weighted by Gasteiger charge is 2.38. The summed E-state index contributed by atoms with van der Waals surface area (Å²) in [4.78, 5) is 17.9. The summed E-state index contributed by atoms with van der Waals surface area (Å²) in [6, 6.07) is 51.7. The lowest BCUT2D eigenvalue weighted by Gasteiger charge is -2.41. The topological polar surface area (TPSA) is 115 Å². The molecule has 7 aromatic rings. The van der Waals surface area contributed by atoms with Crippen LogP contribution in [-0.4, -0.2) is 28.0 Å². The summed E-state index contributed by atoms with van der Waals surface area (Å²) < 4.78 is 25.7. The van der Waals surface area contributed by atoms with E-state index in [1.165, 1.54) is 11.8 Å². The molecule has 2 heterocycles. The number of amides is 2. The molecule has 1 aromatic heterocycles. The van der Waals surface area contributed by atoms with Crippen molar-refractivity contribution in [3.05, 3.63) is 180 Å². The van der Waals surface area contributed by atoms with Crippen molar-refractivity contribution in [2.45, 2.75) is 37.3 Å². The number of aliphatic hydroxyl groups excluding tert-OH is 1. The van der Waals surface area contributed by atoms with Gasteiger partial charge in [-0.1, -0.05) is 134 Å². The molecule has 0 spiro atoms. The van der Waals surface area contributed by atoms with Crippen molar-refractivity contribution in [1.82, 2.24) is 4.98 Å². The van der Waals surface area contributed by atoms with Crippen LogP contribution in [0.15, 0.2) is 173 Å². The molecule has 3 N–H and O–H groups in total. The summed E-state index contributed by atoms with van der Waals surface area (Å²) in [5.74, 6) is 2.66. The molecular formula is C47H41N3O6S. The number of para-hydroxylation sites is 1. The fourth-order valence-corrected chi connectivity index (χ4v) is 7.64. The van der Waals surface area contributed by atoms with Crippen LogP contribution in [0, 0.1) is 5.92 Å². The number of rotatable bonds is 12. The number of aliphatic hydroxyl groups is 1. The molecule has 1 aliphatic rings. The molecule has 286 valence electrons. The number of aromatic nitrogens is 1. The third-order valence-electron chi connectivity index (χ3n) is 9.72. The number of anilines is 2. The number of carbonyl (C=O) groups is 1. The lowest BCUT2D eigenvalue weighted by molar-refractivity contribution is -0.268. The van der Waals surface area contributed by atoms with Gasteiger partial charge in [-0.3, -0.25) is 0 Å². The molecule has 9 nitrogen and oxygen atoms in total. The maximum absolute atomic E-state index is 12.9. The third kappa shape index (κ3) is 9.28. The Kier molecular flexibility index (Phi) is 11.7. The predicted octanol–water partition coefficient (Wildman–Crippen LogP) is 11.5. The molecule has 0 bridgehead atoms. The number of ether oxygens (including phenoxy) is 3. The van der Waals surface area contributed by atoms with Crippen LogP contribution in [-0.2, 0) is 16.1 Å². The number of thioether (sulfide) groups is 1. The van der Waals surface area contributed by atoms with Gasteiger partial charge in [-0.05, 0) is 59.7 Å². The van der Waals surface area contributed by atoms with Crippen LogP contribution >= 0.6 is 11.8 Å². The van der Waals surface area contributed by atoms with E-state index in [1.54, 1.807) is 24.3 Å². The molecule has 4 atom stereocenters. The summed E-state index contributed by atoms with van der Waals surface area (Å²) >= 11 is 1.51. The first kappa shape index (κ1) is 37.7. The SMILES string of the molecule is C[C@@H]1[C@H](CSc2nc(-c3ccccc3)c(-c3ccccc3)o2)O[C@H](c2ccc(NC(=O)Nc3ccc(Oc4ccccc4)cc3)cc2)O[C@@H]1c1ccc(CO)cc1. The second-order valence-corrected chi connectivity index (χ2v) is 14.6. The number of nitrogens with one attached hydrogen (secondary N) is 2. The minimum atomic E-state index is -0.682. The number of benzene rings is 6. The molecule has 1 saturated heterocycles. The Morgan fingerprint density at radius 2 is 1.25 bits per heavy atom. The van der Waals surface area contributed by atoms with Crippen LogP contribution in [0.1, 0.15) is 36.0 Å². The Morgan fingerprint density at radius 1 is 0.684 bits per heavy atom. The zero-order chi connectivity index (χ0) is 39.0. The van der Waals surface area contributed by atoms with Gasteiger partial charge >= 0.3 is 6.03 Å². The average Bonchev–Trinajstić information content (AvgIpc) is 3.70. The Balaban J connectivity index is 0.964. The lowest BCUT2D eigenvalue weighted by atomic mass is 9.91. The monoisotopic (exact) mass is 775 g/mol. The Morgan fingerprint density at radius 3 is 1.88 bits per heavy atom. The van der Waals surface area contributed by atoms with Crippen LogP contribution in [0.25, 0.3) is 22.6 Å². The van der Waals surface area contributed by atoms with Gasteiger partial charge in [0.1, 0.15) is 17.2 Å². The van der Waals surface area contributed by atoms with E-state index in [2.05, 4.69) is 17.6 Å². The fourth-order valence-electron chi connectivity index (χ4n) is 6.65. The minimum Gasteiger partial charge on any atom is -0.457 e. The minimum absolute atomic E-state index is 0.0329. The maximum atomic E-state index is 12.9. The van der Waals surface area contributed by atoms with Crippen LogP contribution < -0.4 is 15.4 Å². The third-order valence-corrected chi connectivity index (χ3v) is 10.6. The van der Waals surface area contributed by atoms with E-state index in [4.69, 9.17) is 23.6 Å². The van der Waals surface area contributed by atoms with Gasteiger partial charge in [0, 0.05) is 39.7 Å². The van der Waals surface area contributed by atoms with Gasteiger partial charge in [0.25, 0.3) is 5.22 Å². The van der Waals surface area contributed by atoms with Crippen molar-refractivity contribution in [1.29, 1.82) is 0 Å². The Bertz CT molecular complexity index is 2300. The Hall–Kier alpha value is -6.17. The van der Waals surface area contributed by atoms with E-state index in [-0.39, 0.29) is 30.8 Å². The van der Waals surface area contributed by atoms with Crippen LogP contribution in [0.5, 0.6) is 11.5 Å². The summed E-state index contributed by atoms with van der Waals surface area (Å²) in [5, 5.41) is 16.0. The van der Waals surface area contributed by atoms with E-state index in [0.717, 1.165) is 45.0 Å². The van der Waals surface area contributed by atoms with E-state index in [1.807, 2.05) is 140 Å². The highest BCUT2D eigenvalue weighted by Crippen LogP contribution is 2.44. The van der Waals surface area contributed by atoms with Gasteiger partial charge in [0.05, 0.1) is 18.8 Å². The zero-order valence-corrected chi connectivity index (χ0v) is 32.0. The van der Waals surface area contributed by atoms with Crippen molar-refractivity contribution in [2.24, 2.45) is 5.92 Å². The van der Waals surface area contributed by atoms with Gasteiger partial charge < -0.3 is 34.4 Å². The molecule has 57 heavy (non-hydrogen) atoms. The first-order valence-electron chi connectivity index (χ1n) is 18.7. The molecule has 2 amide bonds. The van der Waals surface area contributed by atoms with E-state index in [9.17, 15) is 9.90 Å². The van der Waals surface area contributed by atoms with Crippen LogP contribution in [0.2, 0.25) is 0 Å². The van der Waals surface area contributed by atoms with Gasteiger partial charge in [-0.15, -0.1) is 0 Å². The normalized spacial score (nSPS) is 17.8. The van der Waals surface area contributed by atoms with Crippen LogP contribution in [0.3, 0.4) is 0 Å². The molecule has 0 radical (unpaired) electrons. The van der Waals surface area contributed by atoms with Crippen molar-refractivity contribution >= 4 is 29.2 Å². The standard InChI is InChI=1S/C47H41N3O6S/c1-31-41(30-57-47-50-42(33-11-5-2-6-12-33)44(56-47)34-13-7-3-8-14-34)54-45(55-43(31)35-19-17-32(29-51)18-20-35)36-21-23-37(24-22-36)48-46(52)49-38-25-27-40(28-26-38)53-39-15-9-4-10-16-39/h2-28,31,41,43,45,51H,29-30H2,1H3,(H2,48,49,52)/t31-,41+,43+,45+/m1/s1. The summed E-state index contributed by atoms with van der Waals surface area (Å²) in [5.41, 5.74) is 6.59. The predicted molar refractivity (Wildman–Crippen MR) is 223 cm³/mol.